The van der Waals surface area contributed by atoms with Gasteiger partial charge in [0.15, 0.2) is 0 Å². The highest BCUT2D eigenvalue weighted by Crippen LogP contribution is 2.56. The van der Waals surface area contributed by atoms with E-state index in [1.165, 1.54) is 22.3 Å². The average Bonchev–Trinajstić information content (AvgIpc) is 3.33. The molecule has 3 aromatic carbocycles. The Labute approximate surface area is 270 Å². The van der Waals surface area contributed by atoms with E-state index in [0.29, 0.717) is 5.75 Å². The van der Waals surface area contributed by atoms with Crippen molar-refractivity contribution in [3.05, 3.63) is 131 Å². The van der Waals surface area contributed by atoms with Crippen molar-refractivity contribution in [2.24, 2.45) is 0 Å². The fraction of sp³-hybridized carbons (Fsp3) is 0.366. The molecule has 0 bridgehead atoms. The van der Waals surface area contributed by atoms with E-state index in [9.17, 15) is 5.11 Å². The lowest BCUT2D eigenvalue weighted by atomic mass is 9.69. The molecule has 45 heavy (non-hydrogen) atoms. The molecular weight excluding hydrogens is 550 g/mol. The Morgan fingerprint density at radius 2 is 1.60 bits per heavy atom. The standard InChI is InChI=1S/C41H49N3O/c1-6-8-23-41(24-9-7-2)33-18-15-19-36(45)38(33)39-34(41)21-22-35(43-39)29-26-30(40(3,4)5)28-32(27-29)44(31-16-11-10-12-17-31)37-20-13-14-25-42-37/h10-22,25-28,35,37,42-43,45H,6-9,23-24H2,1-5H3. The highest BCUT2D eigenvalue weighted by atomic mass is 16.3. The van der Waals surface area contributed by atoms with Gasteiger partial charge < -0.3 is 20.6 Å². The highest BCUT2D eigenvalue weighted by molar-refractivity contribution is 5.86. The maximum absolute atomic E-state index is 11.3. The number of phenols is 1. The van der Waals surface area contributed by atoms with Gasteiger partial charge in [-0.25, -0.2) is 0 Å². The molecule has 0 fully saturated rings. The maximum Gasteiger partial charge on any atom is 0.125 e. The van der Waals surface area contributed by atoms with Crippen molar-refractivity contribution in [1.82, 2.24) is 10.6 Å². The number of nitrogens with zero attached hydrogens (tertiary/aromatic N) is 1. The van der Waals surface area contributed by atoms with Crippen LogP contribution in [0.15, 0.2) is 109 Å². The summed E-state index contributed by atoms with van der Waals surface area (Å²) in [6, 6.07) is 23.8. The van der Waals surface area contributed by atoms with E-state index in [0.717, 1.165) is 61.2 Å². The summed E-state index contributed by atoms with van der Waals surface area (Å²) in [6.45, 7) is 11.4. The van der Waals surface area contributed by atoms with E-state index in [2.05, 4.69) is 129 Å². The van der Waals surface area contributed by atoms with Crippen LogP contribution in [0, 0.1) is 0 Å². The lowest BCUT2D eigenvalue weighted by molar-refractivity contribution is 0.407. The number of nitrogens with one attached hydrogen (secondary N) is 2. The second-order valence-corrected chi connectivity index (χ2v) is 13.9. The molecule has 0 amide bonds. The Bertz CT molecular complexity index is 1630. The van der Waals surface area contributed by atoms with Gasteiger partial charge in [0.1, 0.15) is 11.9 Å². The number of rotatable bonds is 10. The molecule has 234 valence electrons. The molecule has 0 radical (unpaired) electrons. The number of hydrogen-bond donors (Lipinski definition) is 3. The summed E-state index contributed by atoms with van der Waals surface area (Å²) in [4.78, 5) is 2.38. The second-order valence-electron chi connectivity index (χ2n) is 13.9. The molecule has 0 saturated heterocycles. The molecule has 3 aliphatic rings. The smallest absolute Gasteiger partial charge is 0.125 e. The molecule has 3 aromatic rings. The third kappa shape index (κ3) is 5.83. The van der Waals surface area contributed by atoms with E-state index in [1.54, 1.807) is 0 Å². The number of unbranched alkanes of at least 4 members (excludes halogenated alkanes) is 2. The van der Waals surface area contributed by atoms with Crippen LogP contribution in [0.2, 0.25) is 0 Å². The number of hydrogen-bond acceptors (Lipinski definition) is 4. The van der Waals surface area contributed by atoms with Crippen LogP contribution in [0.5, 0.6) is 5.75 Å². The van der Waals surface area contributed by atoms with Crippen molar-refractivity contribution in [3.8, 4) is 5.75 Å². The second kappa shape index (κ2) is 12.7. The number of benzene rings is 3. The van der Waals surface area contributed by atoms with Crippen molar-refractivity contribution >= 4 is 17.1 Å². The summed E-state index contributed by atoms with van der Waals surface area (Å²) in [5.41, 5.74) is 9.40. The Kier molecular flexibility index (Phi) is 8.68. The molecule has 2 atom stereocenters. The fourth-order valence-corrected chi connectivity index (χ4v) is 7.37. The zero-order valence-corrected chi connectivity index (χ0v) is 27.6. The van der Waals surface area contributed by atoms with E-state index >= 15 is 0 Å². The number of aromatic hydroxyl groups is 1. The topological polar surface area (TPSA) is 47.5 Å². The molecule has 2 heterocycles. The molecule has 2 aliphatic heterocycles. The first-order valence-electron chi connectivity index (χ1n) is 16.9. The molecule has 2 unspecified atom stereocenters. The van der Waals surface area contributed by atoms with Gasteiger partial charge in [0.25, 0.3) is 0 Å². The summed E-state index contributed by atoms with van der Waals surface area (Å²) >= 11 is 0. The van der Waals surface area contributed by atoms with Gasteiger partial charge >= 0.3 is 0 Å². The zero-order chi connectivity index (χ0) is 31.6. The van der Waals surface area contributed by atoms with Crippen molar-refractivity contribution < 1.29 is 5.11 Å². The number of anilines is 2. The molecule has 0 aromatic heterocycles. The summed E-state index contributed by atoms with van der Waals surface area (Å²) in [5, 5.41) is 18.9. The summed E-state index contributed by atoms with van der Waals surface area (Å²) in [7, 11) is 0. The molecular formula is C41H49N3O. The third-order valence-electron chi connectivity index (χ3n) is 9.79. The Morgan fingerprint density at radius 1 is 0.844 bits per heavy atom. The van der Waals surface area contributed by atoms with E-state index < -0.39 is 0 Å². The van der Waals surface area contributed by atoms with Gasteiger partial charge in [-0.1, -0.05) is 115 Å². The fourth-order valence-electron chi connectivity index (χ4n) is 7.37. The van der Waals surface area contributed by atoms with Crippen LogP contribution >= 0.6 is 0 Å². The first-order valence-corrected chi connectivity index (χ1v) is 16.9. The molecule has 6 rings (SSSR count). The zero-order valence-electron chi connectivity index (χ0n) is 27.6. The lowest BCUT2D eigenvalue weighted by Gasteiger charge is -2.36. The maximum atomic E-state index is 11.3. The van der Waals surface area contributed by atoms with E-state index in [4.69, 9.17) is 0 Å². The van der Waals surface area contributed by atoms with Crippen LogP contribution < -0.4 is 15.5 Å². The predicted octanol–water partition coefficient (Wildman–Crippen LogP) is 10.1. The predicted molar refractivity (Wildman–Crippen MR) is 190 cm³/mol. The first kappa shape index (κ1) is 30.8. The number of dihydropyridines is 2. The molecule has 4 heteroatoms. The van der Waals surface area contributed by atoms with Gasteiger partial charge in [-0.05, 0) is 89.2 Å². The van der Waals surface area contributed by atoms with Gasteiger partial charge in [-0.2, -0.15) is 0 Å². The third-order valence-corrected chi connectivity index (χ3v) is 9.79. The lowest BCUT2D eigenvalue weighted by Crippen LogP contribution is -2.40. The minimum absolute atomic E-state index is 0.0129. The molecule has 1 aliphatic carbocycles. The van der Waals surface area contributed by atoms with Gasteiger partial charge in [-0.15, -0.1) is 0 Å². The van der Waals surface area contributed by atoms with E-state index in [1.807, 2.05) is 24.4 Å². The number of phenolic OH excluding ortho intramolecular Hbond substituents is 1. The van der Waals surface area contributed by atoms with Gasteiger partial charge in [-0.3, -0.25) is 0 Å². The minimum atomic E-state index is -0.0705. The molecule has 0 saturated carbocycles. The van der Waals surface area contributed by atoms with Crippen molar-refractivity contribution in [2.45, 2.75) is 96.2 Å². The van der Waals surface area contributed by atoms with Gasteiger partial charge in [0, 0.05) is 22.4 Å². The summed E-state index contributed by atoms with van der Waals surface area (Å²) in [6.07, 6.45) is 19.9. The van der Waals surface area contributed by atoms with Gasteiger partial charge in [0.2, 0.25) is 0 Å². The van der Waals surface area contributed by atoms with Crippen molar-refractivity contribution in [3.63, 3.8) is 0 Å². The monoisotopic (exact) mass is 599 g/mol. The summed E-state index contributed by atoms with van der Waals surface area (Å²) in [5.74, 6) is 0.374. The van der Waals surface area contributed by atoms with Gasteiger partial charge in [0.05, 0.1) is 11.7 Å². The number of allylic oxidation sites excluding steroid dienone is 4. The quantitative estimate of drug-likeness (QED) is 0.217. The molecule has 3 N–H and O–H groups in total. The Balaban J connectivity index is 1.46. The Hall–Kier alpha value is -4.18. The normalized spacial score (nSPS) is 19.6. The largest absolute Gasteiger partial charge is 0.507 e. The van der Waals surface area contributed by atoms with Crippen molar-refractivity contribution in [2.75, 3.05) is 4.90 Å². The van der Waals surface area contributed by atoms with Crippen molar-refractivity contribution in [1.29, 1.82) is 0 Å². The number of para-hydroxylation sites is 1. The van der Waals surface area contributed by atoms with Crippen LogP contribution in [0.1, 0.15) is 101 Å². The average molecular weight is 600 g/mol. The summed E-state index contributed by atoms with van der Waals surface area (Å²) < 4.78 is 0. The SMILES string of the molecule is CCCCC1(CCCC)C2=C(NC(c3cc(N(c4ccccc4)C4C=CC=CN4)cc(C(C)(C)C)c3)C=C2)c2c(O)cccc21. The first-order chi connectivity index (χ1) is 21.8. The molecule has 0 spiro atoms. The molecule has 4 nitrogen and oxygen atoms in total. The van der Waals surface area contributed by atoms with Crippen LogP contribution in [0.3, 0.4) is 0 Å². The Morgan fingerprint density at radius 3 is 2.27 bits per heavy atom. The van der Waals surface area contributed by atoms with E-state index in [-0.39, 0.29) is 23.0 Å². The number of fused-ring (bicyclic) bond motifs is 2. The van der Waals surface area contributed by atoms with Crippen LogP contribution in [0.25, 0.3) is 5.70 Å². The van der Waals surface area contributed by atoms with Crippen LogP contribution in [0.4, 0.5) is 11.4 Å². The highest BCUT2D eigenvalue weighted by Gasteiger charge is 2.45. The van der Waals surface area contributed by atoms with Crippen LogP contribution in [-0.4, -0.2) is 11.3 Å². The minimum Gasteiger partial charge on any atom is -0.507 e. The van der Waals surface area contributed by atoms with Crippen LogP contribution in [-0.2, 0) is 10.8 Å².